The average Bonchev–Trinajstić information content (AvgIpc) is 3.18. The number of anilines is 1. The van der Waals surface area contributed by atoms with Gasteiger partial charge in [0.05, 0.1) is 24.5 Å². The van der Waals surface area contributed by atoms with Crippen LogP contribution in [-0.4, -0.2) is 50.8 Å². The summed E-state index contributed by atoms with van der Waals surface area (Å²) in [5.41, 5.74) is -4.02. The van der Waals surface area contributed by atoms with E-state index < -0.39 is 76.6 Å². The number of aliphatic hydroxyl groups is 1. The molecule has 3 heterocycles. The van der Waals surface area contributed by atoms with E-state index in [2.05, 4.69) is 10.3 Å². The number of hydrogen-bond acceptors (Lipinski definition) is 5. The van der Waals surface area contributed by atoms with Crippen molar-refractivity contribution >= 4 is 28.7 Å². The van der Waals surface area contributed by atoms with Crippen molar-refractivity contribution in [3.63, 3.8) is 0 Å². The van der Waals surface area contributed by atoms with Crippen molar-refractivity contribution in [3.05, 3.63) is 63.7 Å². The van der Waals surface area contributed by atoms with Crippen LogP contribution in [0.25, 0.3) is 16.7 Å². The number of rotatable bonds is 6. The van der Waals surface area contributed by atoms with Gasteiger partial charge in [0.1, 0.15) is 22.9 Å². The lowest BCUT2D eigenvalue weighted by Gasteiger charge is -2.43. The maximum Gasteiger partial charge on any atom is 0.389 e. The second-order valence-corrected chi connectivity index (χ2v) is 10.1. The number of nitrogens with one attached hydrogen (secondary N) is 1. The number of amides is 2. The monoisotopic (exact) mass is 568 g/mol. The Balaban J connectivity index is 1.64. The van der Waals surface area contributed by atoms with Crippen LogP contribution in [0.5, 0.6) is 0 Å². The average molecular weight is 568 g/mol. The van der Waals surface area contributed by atoms with E-state index in [-0.39, 0.29) is 42.7 Å². The summed E-state index contributed by atoms with van der Waals surface area (Å²) >= 11 is 0. The van der Waals surface area contributed by atoms with Gasteiger partial charge in [-0.2, -0.15) is 13.2 Å². The number of halogens is 6. The SMILES string of the molecule is O=C(NC1(CCC(F)(F)F)CCC1)c1cn(-c2c(F)cc(F)cc2F)c2nc(N3C[C@@H](O)CC3=O)ccc2c1=O. The summed E-state index contributed by atoms with van der Waals surface area (Å²) in [5, 5.41) is 12.0. The molecule has 0 bridgehead atoms. The van der Waals surface area contributed by atoms with Gasteiger partial charge in [0, 0.05) is 30.3 Å². The molecule has 14 heteroatoms. The Morgan fingerprint density at radius 3 is 2.35 bits per heavy atom. The Morgan fingerprint density at radius 2 is 1.80 bits per heavy atom. The minimum atomic E-state index is -4.46. The predicted octanol–water partition coefficient (Wildman–Crippen LogP) is 3.90. The van der Waals surface area contributed by atoms with Crippen molar-refractivity contribution in [3.8, 4) is 5.69 Å². The molecule has 1 aliphatic carbocycles. The van der Waals surface area contributed by atoms with Crippen LogP contribution in [0.2, 0.25) is 0 Å². The van der Waals surface area contributed by atoms with Crippen LogP contribution < -0.4 is 15.6 Å². The van der Waals surface area contributed by atoms with Gasteiger partial charge in [-0.1, -0.05) is 0 Å². The van der Waals surface area contributed by atoms with Gasteiger partial charge in [-0.15, -0.1) is 0 Å². The van der Waals surface area contributed by atoms with Crippen LogP contribution >= 0.6 is 0 Å². The minimum absolute atomic E-state index is 0.0529. The van der Waals surface area contributed by atoms with E-state index in [1.165, 1.54) is 12.1 Å². The summed E-state index contributed by atoms with van der Waals surface area (Å²) in [4.78, 5) is 44.2. The predicted molar refractivity (Wildman–Crippen MR) is 130 cm³/mol. The number of hydrogen-bond donors (Lipinski definition) is 2. The lowest BCUT2D eigenvalue weighted by molar-refractivity contribution is -0.140. The Bertz CT molecular complexity index is 1560. The Labute approximate surface area is 222 Å². The number of carbonyl (C=O) groups excluding carboxylic acids is 2. The molecule has 0 radical (unpaired) electrons. The molecule has 1 atom stereocenters. The van der Waals surface area contributed by atoms with Gasteiger partial charge in [0.25, 0.3) is 5.91 Å². The zero-order valence-electron chi connectivity index (χ0n) is 20.7. The maximum absolute atomic E-state index is 14.9. The van der Waals surface area contributed by atoms with Gasteiger partial charge in [0.15, 0.2) is 17.3 Å². The van der Waals surface area contributed by atoms with Crippen molar-refractivity contribution in [2.45, 2.75) is 56.3 Å². The molecular formula is C26H22F6N4O4. The number of nitrogens with zero attached hydrogens (tertiary/aromatic N) is 3. The molecule has 40 heavy (non-hydrogen) atoms. The largest absolute Gasteiger partial charge is 0.391 e. The van der Waals surface area contributed by atoms with E-state index in [0.29, 0.717) is 18.6 Å². The van der Waals surface area contributed by atoms with E-state index in [4.69, 9.17) is 0 Å². The first-order valence-corrected chi connectivity index (χ1v) is 12.4. The van der Waals surface area contributed by atoms with E-state index in [1.54, 1.807) is 0 Å². The van der Waals surface area contributed by atoms with Crippen molar-refractivity contribution in [2.24, 2.45) is 0 Å². The quantitative estimate of drug-likeness (QED) is 0.439. The van der Waals surface area contributed by atoms with E-state index in [9.17, 15) is 45.8 Å². The Morgan fingerprint density at radius 1 is 1.12 bits per heavy atom. The zero-order valence-corrected chi connectivity index (χ0v) is 20.7. The summed E-state index contributed by atoms with van der Waals surface area (Å²) in [6, 6.07) is 3.19. The van der Waals surface area contributed by atoms with Crippen LogP contribution in [0.15, 0.2) is 35.3 Å². The van der Waals surface area contributed by atoms with Crippen molar-refractivity contribution in [2.75, 3.05) is 11.4 Å². The number of pyridine rings is 2. The summed E-state index contributed by atoms with van der Waals surface area (Å²) in [6.07, 6.45) is -5.36. The molecule has 1 saturated carbocycles. The van der Waals surface area contributed by atoms with Gasteiger partial charge in [-0.3, -0.25) is 23.9 Å². The molecule has 2 N–H and O–H groups in total. The number of alkyl halides is 3. The third-order valence-corrected chi connectivity index (χ3v) is 7.26. The molecule has 2 amide bonds. The molecule has 5 rings (SSSR count). The smallest absolute Gasteiger partial charge is 0.389 e. The third kappa shape index (κ3) is 5.15. The molecule has 2 aromatic heterocycles. The lowest BCUT2D eigenvalue weighted by atomic mass is 9.73. The lowest BCUT2D eigenvalue weighted by Crippen LogP contribution is -2.54. The van der Waals surface area contributed by atoms with E-state index >= 15 is 0 Å². The number of aliphatic hydroxyl groups excluding tert-OH is 1. The second-order valence-electron chi connectivity index (χ2n) is 10.1. The van der Waals surface area contributed by atoms with Gasteiger partial charge < -0.3 is 10.4 Å². The highest BCUT2D eigenvalue weighted by Gasteiger charge is 2.42. The molecule has 0 spiro atoms. The fourth-order valence-electron chi connectivity index (χ4n) is 5.08. The summed E-state index contributed by atoms with van der Waals surface area (Å²) in [6.45, 7) is -0.124. The number of fused-ring (bicyclic) bond motifs is 1. The summed E-state index contributed by atoms with van der Waals surface area (Å²) in [5.74, 6) is -5.61. The first-order chi connectivity index (χ1) is 18.8. The molecular weight excluding hydrogens is 546 g/mol. The van der Waals surface area contributed by atoms with Crippen molar-refractivity contribution in [1.82, 2.24) is 14.9 Å². The number of aromatic nitrogens is 2. The van der Waals surface area contributed by atoms with Crippen molar-refractivity contribution < 1.29 is 41.0 Å². The molecule has 1 aromatic carbocycles. The fourth-order valence-corrected chi connectivity index (χ4v) is 5.08. The zero-order chi connectivity index (χ0) is 29.0. The molecule has 1 saturated heterocycles. The van der Waals surface area contributed by atoms with Gasteiger partial charge in [-0.05, 0) is 37.8 Å². The number of β-amino-alcohol motifs (C(OH)–C–C–N with tert-alkyl or cyclic N) is 1. The van der Waals surface area contributed by atoms with Crippen molar-refractivity contribution in [1.29, 1.82) is 0 Å². The number of benzene rings is 1. The standard InChI is InChI=1S/C26H22F6N4O4/c27-13-8-17(28)21(18(29)9-13)36-12-16(24(40)34-25(4-1-5-25)6-7-26(30,31)32)22(39)15-2-3-19(33-23(15)36)35-11-14(37)10-20(35)38/h2-3,8-9,12,14,37H,1,4-7,10-11H2,(H,34,40)/t14-/m0/s1. The van der Waals surface area contributed by atoms with Gasteiger partial charge >= 0.3 is 6.18 Å². The van der Waals surface area contributed by atoms with E-state index in [1.807, 2.05) is 0 Å². The maximum atomic E-state index is 14.9. The first-order valence-electron chi connectivity index (χ1n) is 12.4. The normalized spacial score (nSPS) is 18.7. The third-order valence-electron chi connectivity index (χ3n) is 7.26. The Hall–Kier alpha value is -3.94. The fraction of sp³-hybridized carbons (Fsp3) is 0.385. The van der Waals surface area contributed by atoms with Crippen LogP contribution in [0.1, 0.15) is 48.9 Å². The first kappa shape index (κ1) is 27.6. The summed E-state index contributed by atoms with van der Waals surface area (Å²) in [7, 11) is 0. The second kappa shape index (κ2) is 9.91. The van der Waals surface area contributed by atoms with Gasteiger partial charge in [0.2, 0.25) is 11.3 Å². The molecule has 1 aliphatic heterocycles. The van der Waals surface area contributed by atoms with E-state index in [0.717, 1.165) is 15.7 Å². The molecule has 3 aromatic rings. The minimum Gasteiger partial charge on any atom is -0.391 e. The molecule has 212 valence electrons. The highest BCUT2D eigenvalue weighted by Crippen LogP contribution is 2.39. The topological polar surface area (TPSA) is 105 Å². The number of carbonyl (C=O) groups is 2. The molecule has 8 nitrogen and oxygen atoms in total. The molecule has 2 aliphatic rings. The highest BCUT2D eigenvalue weighted by molar-refractivity contribution is 5.99. The Kier molecular flexibility index (Phi) is 6.84. The van der Waals surface area contributed by atoms with Gasteiger partial charge in [-0.25, -0.2) is 18.2 Å². The van der Waals surface area contributed by atoms with Crippen LogP contribution in [0, 0.1) is 17.5 Å². The van der Waals surface area contributed by atoms with Crippen LogP contribution in [-0.2, 0) is 4.79 Å². The molecule has 0 unspecified atom stereocenters. The van der Waals surface area contributed by atoms with Crippen LogP contribution in [0.4, 0.5) is 32.2 Å². The summed E-state index contributed by atoms with van der Waals surface area (Å²) < 4.78 is 82.8. The highest BCUT2D eigenvalue weighted by atomic mass is 19.4. The molecule has 2 fully saturated rings. The van der Waals surface area contributed by atoms with Crippen LogP contribution in [0.3, 0.4) is 0 Å².